The molecular weight excluding hydrogens is 312 g/mol. The van der Waals surface area contributed by atoms with E-state index in [1.54, 1.807) is 0 Å². The molecule has 0 aromatic heterocycles. The minimum Gasteiger partial charge on any atom is 0 e. The van der Waals surface area contributed by atoms with Gasteiger partial charge in [0, 0.05) is 39.9 Å². The summed E-state index contributed by atoms with van der Waals surface area (Å²) in [7, 11) is 0. The molecule has 0 radical (unpaired) electrons. The van der Waals surface area contributed by atoms with Gasteiger partial charge in [0.25, 0.3) is 0 Å². The smallest absolute Gasteiger partial charge is 0 e. The molecule has 0 spiro atoms. The molecule has 0 heterocycles. The van der Waals surface area contributed by atoms with Gasteiger partial charge in [-0.15, -0.1) is 0 Å². The average Bonchev–Trinajstić information content (AvgIpc) is 0.918. The largest absolute Gasteiger partial charge is 0 e. The molecule has 4 heteroatoms. The molecule has 0 rings (SSSR count). The number of hydrogen-bond acceptors (Lipinski definition) is 2. The topological polar surface area (TPSA) is 34.1 Å². The summed E-state index contributed by atoms with van der Waals surface area (Å²) in [5.41, 5.74) is 0. The van der Waals surface area contributed by atoms with Crippen LogP contribution < -0.4 is 0 Å². The zero-order chi connectivity index (χ0) is 2.71. The van der Waals surface area contributed by atoms with E-state index in [4.69, 9.17) is 6.65 Å². The Morgan fingerprint density at radius 2 is 1.25 bits per heavy atom. The van der Waals surface area contributed by atoms with Gasteiger partial charge in [-0.1, -0.05) is 0 Å². The van der Waals surface area contributed by atoms with Gasteiger partial charge >= 0.3 is 25.7 Å². The van der Waals surface area contributed by atoms with Gasteiger partial charge in [0.15, 0.2) is 0 Å². The Labute approximate surface area is 64.6 Å². The van der Waals surface area contributed by atoms with E-state index in [0.717, 1.165) is 0 Å². The maximum Gasteiger partial charge on any atom is 0 e. The predicted octanol–water partition coefficient (Wildman–Crippen LogP) is -0.240. The Morgan fingerprint density at radius 3 is 1.25 bits per heavy atom. The van der Waals surface area contributed by atoms with Crippen molar-refractivity contribution in [1.82, 2.24) is 0 Å². The quantitative estimate of drug-likeness (QED) is 0.579. The molecule has 20 valence electrons. The van der Waals surface area contributed by atoms with Gasteiger partial charge in [0.1, 0.15) is 0 Å². The second-order valence-electron chi connectivity index (χ2n) is 0.0833. The fourth-order valence-electron chi connectivity index (χ4n) is 0. The van der Waals surface area contributed by atoms with Crippen molar-refractivity contribution in [3.8, 4) is 0 Å². The molecule has 0 aliphatic rings. The Morgan fingerprint density at radius 1 is 1.25 bits per heavy atom. The summed E-state index contributed by atoms with van der Waals surface area (Å²) >= 11 is -2.00. The first-order valence-corrected chi connectivity index (χ1v) is 1.68. The maximum atomic E-state index is 8.50. The molecule has 0 fully saturated rings. The van der Waals surface area contributed by atoms with E-state index in [0.29, 0.717) is 0 Å². The van der Waals surface area contributed by atoms with E-state index < -0.39 is 19.1 Å². The third kappa shape index (κ3) is 9.43. The molecule has 0 aliphatic carbocycles. The van der Waals surface area contributed by atoms with Crippen LogP contribution in [0.15, 0.2) is 0 Å². The van der Waals surface area contributed by atoms with E-state index >= 15 is 0 Å². The van der Waals surface area contributed by atoms with Crippen LogP contribution in [0.2, 0.25) is 0 Å². The molecule has 0 saturated heterocycles. The molecule has 0 amide bonds. The third-order valence-corrected chi connectivity index (χ3v) is 0. The number of hydrogen-bond donors (Lipinski definition) is 0. The van der Waals surface area contributed by atoms with Gasteiger partial charge in [-0.05, 0) is 0 Å². The predicted molar refractivity (Wildman–Crippen MR) is 1.37 cm³/mol. The summed E-state index contributed by atoms with van der Waals surface area (Å²) in [6.45, 7) is 0. The first-order valence-electron chi connectivity index (χ1n) is 0.408. The van der Waals surface area contributed by atoms with Crippen molar-refractivity contribution >= 4 is 0 Å². The molecule has 0 bridgehead atoms. The van der Waals surface area contributed by atoms with E-state index in [1.165, 1.54) is 0 Å². The van der Waals surface area contributed by atoms with Crippen molar-refractivity contribution in [2.45, 2.75) is 0 Å². The van der Waals surface area contributed by atoms with Crippen LogP contribution in [0.5, 0.6) is 0 Å². The van der Waals surface area contributed by atoms with Crippen LogP contribution in [0, 0.1) is 39.9 Å². The van der Waals surface area contributed by atoms with Crippen LogP contribution >= 0.6 is 0 Å². The molecule has 0 N–H and O–H groups in total. The Balaban J connectivity index is 0. The van der Waals surface area contributed by atoms with Crippen LogP contribution in [0.4, 0.5) is 0 Å². The third-order valence-electron chi connectivity index (χ3n) is 0. The standard InChI is InChI=1S/2O.Th.Ti. The van der Waals surface area contributed by atoms with Crippen molar-refractivity contribution in [2.75, 3.05) is 0 Å². The number of rotatable bonds is 0. The minimum atomic E-state index is -2.00. The van der Waals surface area contributed by atoms with Gasteiger partial charge in [-0.25, -0.2) is 0 Å². The zero-order valence-electron chi connectivity index (χ0n) is 1.82. The first-order chi connectivity index (χ1) is 1.41. The molecule has 0 aliphatic heterocycles. The van der Waals surface area contributed by atoms with Crippen LogP contribution in [-0.2, 0) is 25.7 Å². The Bertz CT molecular complexity index is 27.0. The Kier molecular flexibility index (Phi) is 20.2. The molecule has 0 aromatic carbocycles. The van der Waals surface area contributed by atoms with Crippen LogP contribution in [0.3, 0.4) is 0 Å². The summed E-state index contributed by atoms with van der Waals surface area (Å²) in [6.07, 6.45) is 0. The second-order valence-corrected chi connectivity index (χ2v) is 0.344. The summed E-state index contributed by atoms with van der Waals surface area (Å²) in [6, 6.07) is 0. The van der Waals surface area contributed by atoms with Gasteiger partial charge in [0.05, 0.1) is 0 Å². The van der Waals surface area contributed by atoms with E-state index in [-0.39, 0.29) is 39.9 Å². The zero-order valence-corrected chi connectivity index (χ0v) is 7.49. The summed E-state index contributed by atoms with van der Waals surface area (Å²) in [5, 5.41) is 0. The normalized spacial score (nSPS) is 2.00. The second kappa shape index (κ2) is 8.82. The SMILES string of the molecule is [O]=[Ti]=[O].[Th]. The molecule has 0 aromatic rings. The van der Waals surface area contributed by atoms with E-state index in [1.807, 2.05) is 0 Å². The Hall–Kier alpha value is 1.64. The van der Waals surface area contributed by atoms with Crippen molar-refractivity contribution in [3.05, 3.63) is 0 Å². The van der Waals surface area contributed by atoms with Crippen molar-refractivity contribution in [1.29, 1.82) is 0 Å². The van der Waals surface area contributed by atoms with E-state index in [2.05, 4.69) is 0 Å². The molecule has 0 saturated carbocycles. The fraction of sp³-hybridized carbons (Fsp3) is 0. The van der Waals surface area contributed by atoms with Crippen molar-refractivity contribution < 1.29 is 65.7 Å². The monoisotopic (exact) mass is 312 g/mol. The van der Waals surface area contributed by atoms with Crippen LogP contribution in [-0.4, -0.2) is 0 Å². The minimum absolute atomic E-state index is 0. The molecule has 2 nitrogen and oxygen atoms in total. The summed E-state index contributed by atoms with van der Waals surface area (Å²) < 4.78 is 17.0. The maximum absolute atomic E-state index is 8.50. The molecule has 0 unspecified atom stereocenters. The average molecular weight is 312 g/mol. The van der Waals surface area contributed by atoms with Gasteiger partial charge in [-0.3, -0.25) is 0 Å². The van der Waals surface area contributed by atoms with E-state index in [9.17, 15) is 0 Å². The van der Waals surface area contributed by atoms with Crippen molar-refractivity contribution in [2.24, 2.45) is 0 Å². The first kappa shape index (κ1) is 9.16. The van der Waals surface area contributed by atoms with Gasteiger partial charge in [0.2, 0.25) is 0 Å². The van der Waals surface area contributed by atoms with Crippen LogP contribution in [0.1, 0.15) is 0 Å². The van der Waals surface area contributed by atoms with Crippen molar-refractivity contribution in [3.63, 3.8) is 0 Å². The fourth-order valence-corrected chi connectivity index (χ4v) is 0. The van der Waals surface area contributed by atoms with Crippen LogP contribution in [0.25, 0.3) is 0 Å². The van der Waals surface area contributed by atoms with Gasteiger partial charge < -0.3 is 0 Å². The molecule has 0 atom stereocenters. The summed E-state index contributed by atoms with van der Waals surface area (Å²) in [5.74, 6) is 0. The molecular formula is O2ThTi. The van der Waals surface area contributed by atoms with Gasteiger partial charge in [-0.2, -0.15) is 0 Å². The molecule has 4 heavy (non-hydrogen) atoms. The summed E-state index contributed by atoms with van der Waals surface area (Å²) in [4.78, 5) is 0.